The Morgan fingerprint density at radius 3 is 2.97 bits per heavy atom. The van der Waals surface area contributed by atoms with Gasteiger partial charge in [0.15, 0.2) is 5.16 Å². The van der Waals surface area contributed by atoms with Gasteiger partial charge in [-0.3, -0.25) is 14.2 Å². The van der Waals surface area contributed by atoms with Gasteiger partial charge in [-0.15, -0.1) is 0 Å². The number of hydrogen-bond acceptors (Lipinski definition) is 5. The van der Waals surface area contributed by atoms with E-state index in [1.54, 1.807) is 6.20 Å². The molecule has 1 unspecified atom stereocenters. The summed E-state index contributed by atoms with van der Waals surface area (Å²) in [5, 5.41) is 3.78. The van der Waals surface area contributed by atoms with Crippen molar-refractivity contribution < 1.29 is 9.59 Å². The zero-order chi connectivity index (χ0) is 20.6. The third-order valence-corrected chi connectivity index (χ3v) is 6.16. The van der Waals surface area contributed by atoms with Crippen LogP contribution in [0.3, 0.4) is 0 Å². The highest BCUT2D eigenvalue weighted by Crippen LogP contribution is 2.22. The second kappa shape index (κ2) is 10.5. The lowest BCUT2D eigenvalue weighted by molar-refractivity contribution is -0.123. The van der Waals surface area contributed by atoms with E-state index in [0.717, 1.165) is 55.3 Å². The van der Waals surface area contributed by atoms with Gasteiger partial charge in [0.2, 0.25) is 11.8 Å². The lowest BCUT2D eigenvalue weighted by Crippen LogP contribution is -2.42. The Labute approximate surface area is 176 Å². The fraction of sp³-hybridized carbons (Fsp3) is 0.476. The number of rotatable bonds is 9. The molecule has 29 heavy (non-hydrogen) atoms. The van der Waals surface area contributed by atoms with Crippen molar-refractivity contribution in [3.63, 3.8) is 0 Å². The minimum Gasteiger partial charge on any atom is -0.369 e. The predicted molar refractivity (Wildman–Crippen MR) is 115 cm³/mol. The summed E-state index contributed by atoms with van der Waals surface area (Å²) in [5.74, 6) is 0.0925. The first-order valence-electron chi connectivity index (χ1n) is 10.0. The number of carbonyl (C=O) groups excluding carboxylic acids is 2. The number of carbonyl (C=O) groups is 2. The van der Waals surface area contributed by atoms with E-state index in [1.165, 1.54) is 11.8 Å². The molecule has 0 bridgehead atoms. The van der Waals surface area contributed by atoms with E-state index >= 15 is 0 Å². The Balaban J connectivity index is 1.39. The molecule has 0 spiro atoms. The summed E-state index contributed by atoms with van der Waals surface area (Å²) in [4.78, 5) is 30.2. The zero-order valence-electron chi connectivity index (χ0n) is 16.8. The van der Waals surface area contributed by atoms with Gasteiger partial charge in [-0.25, -0.2) is 4.98 Å². The van der Waals surface area contributed by atoms with Crippen molar-refractivity contribution in [3.8, 4) is 5.69 Å². The summed E-state index contributed by atoms with van der Waals surface area (Å²) in [6.07, 6.45) is 6.42. The van der Waals surface area contributed by atoms with Gasteiger partial charge in [0.1, 0.15) is 0 Å². The minimum absolute atomic E-state index is 0.00277. The molecule has 2 aromatic rings. The molecule has 3 rings (SSSR count). The van der Waals surface area contributed by atoms with Crippen LogP contribution in [0.15, 0.2) is 41.8 Å². The number of hydrogen-bond donors (Lipinski definition) is 2. The second-order valence-corrected chi connectivity index (χ2v) is 8.34. The Morgan fingerprint density at radius 1 is 1.34 bits per heavy atom. The number of benzene rings is 1. The molecule has 0 radical (unpaired) electrons. The molecule has 0 saturated carbocycles. The van der Waals surface area contributed by atoms with Crippen molar-refractivity contribution >= 4 is 23.6 Å². The summed E-state index contributed by atoms with van der Waals surface area (Å²) < 4.78 is 2.01. The number of aryl methyl sites for hydroxylation is 1. The third-order valence-electron chi connectivity index (χ3n) is 5.20. The smallest absolute Gasteiger partial charge is 0.230 e. The number of nitrogens with two attached hydrogens (primary N) is 1. The molecular formula is C21H29N5O2S. The van der Waals surface area contributed by atoms with E-state index < -0.39 is 0 Å². The normalized spacial score (nSPS) is 17.2. The Hall–Kier alpha value is -2.32. The molecule has 0 aliphatic carbocycles. The first kappa shape index (κ1) is 21.4. The van der Waals surface area contributed by atoms with Gasteiger partial charge < -0.3 is 16.0 Å². The summed E-state index contributed by atoms with van der Waals surface area (Å²) in [5.41, 5.74) is 7.65. The maximum absolute atomic E-state index is 12.2. The molecule has 7 nitrogen and oxygen atoms in total. The number of likely N-dealkylation sites (tertiary alicyclic amines) is 1. The van der Waals surface area contributed by atoms with Gasteiger partial charge in [0.25, 0.3) is 0 Å². The minimum atomic E-state index is -0.205. The van der Waals surface area contributed by atoms with Gasteiger partial charge in [-0.1, -0.05) is 30.0 Å². The Morgan fingerprint density at radius 2 is 2.17 bits per heavy atom. The molecule has 1 fully saturated rings. The number of thioether (sulfide) groups is 1. The van der Waals surface area contributed by atoms with Crippen LogP contribution in [0, 0.1) is 12.8 Å². The fourth-order valence-electron chi connectivity index (χ4n) is 3.62. The largest absolute Gasteiger partial charge is 0.369 e. The molecule has 1 aliphatic rings. The van der Waals surface area contributed by atoms with Crippen molar-refractivity contribution in [1.29, 1.82) is 0 Å². The van der Waals surface area contributed by atoms with Crippen LogP contribution in [-0.4, -0.2) is 58.2 Å². The third kappa shape index (κ3) is 6.08. The first-order valence-corrected chi connectivity index (χ1v) is 11.0. The van der Waals surface area contributed by atoms with Crippen LogP contribution in [-0.2, 0) is 9.59 Å². The quantitative estimate of drug-likeness (QED) is 0.482. The van der Waals surface area contributed by atoms with Gasteiger partial charge >= 0.3 is 0 Å². The van der Waals surface area contributed by atoms with Crippen LogP contribution >= 0.6 is 11.8 Å². The van der Waals surface area contributed by atoms with Gasteiger partial charge in [0, 0.05) is 25.5 Å². The molecule has 2 amide bonds. The number of nitrogens with zero attached hydrogens (tertiary/aromatic N) is 3. The summed E-state index contributed by atoms with van der Waals surface area (Å²) in [6, 6.07) is 8.11. The standard InChI is InChI=1S/C21H29N5O2S/c1-16-6-2-3-8-18(16)26-13-10-24-21(26)29-15-19(27)23-9-5-12-25-11-4-7-17(14-25)20(22)28/h2-3,6,8,10,13,17H,4-5,7,9,11-12,14-15H2,1H3,(H2,22,28)(H,23,27). The average molecular weight is 416 g/mol. The Bertz CT molecular complexity index is 838. The molecular weight excluding hydrogens is 386 g/mol. The van der Waals surface area contributed by atoms with Crippen LogP contribution in [0.5, 0.6) is 0 Å². The fourth-order valence-corrected chi connectivity index (χ4v) is 4.41. The number of piperidine rings is 1. The van der Waals surface area contributed by atoms with E-state index in [9.17, 15) is 9.59 Å². The Kier molecular flexibility index (Phi) is 7.71. The summed E-state index contributed by atoms with van der Waals surface area (Å²) in [6.45, 7) is 5.29. The lowest BCUT2D eigenvalue weighted by Gasteiger charge is -2.31. The molecule has 1 atom stereocenters. The second-order valence-electron chi connectivity index (χ2n) is 7.40. The van der Waals surface area contributed by atoms with Crippen molar-refractivity contribution in [2.24, 2.45) is 11.7 Å². The van der Waals surface area contributed by atoms with Crippen LogP contribution in [0.25, 0.3) is 5.69 Å². The molecule has 1 saturated heterocycles. The monoisotopic (exact) mass is 415 g/mol. The average Bonchev–Trinajstić information content (AvgIpc) is 3.18. The summed E-state index contributed by atoms with van der Waals surface area (Å²) >= 11 is 1.43. The number of imidazole rings is 1. The van der Waals surface area contributed by atoms with E-state index in [-0.39, 0.29) is 17.7 Å². The van der Waals surface area contributed by atoms with Crippen molar-refractivity contribution in [2.75, 3.05) is 31.9 Å². The zero-order valence-corrected chi connectivity index (χ0v) is 17.7. The topological polar surface area (TPSA) is 93.2 Å². The van der Waals surface area contributed by atoms with E-state index in [2.05, 4.69) is 28.2 Å². The molecule has 156 valence electrons. The predicted octanol–water partition coefficient (Wildman–Crippen LogP) is 1.98. The van der Waals surface area contributed by atoms with Crippen LogP contribution < -0.4 is 11.1 Å². The highest BCUT2D eigenvalue weighted by Gasteiger charge is 2.23. The van der Waals surface area contributed by atoms with Crippen LogP contribution in [0.1, 0.15) is 24.8 Å². The molecule has 2 heterocycles. The SMILES string of the molecule is Cc1ccccc1-n1ccnc1SCC(=O)NCCCN1CCCC(C(N)=O)C1. The van der Waals surface area contributed by atoms with Crippen LogP contribution in [0.2, 0.25) is 0 Å². The highest BCUT2D eigenvalue weighted by molar-refractivity contribution is 7.99. The number of para-hydroxylation sites is 1. The number of primary amides is 1. The van der Waals surface area contributed by atoms with Crippen LogP contribution in [0.4, 0.5) is 0 Å². The maximum atomic E-state index is 12.2. The molecule has 1 aromatic heterocycles. The number of nitrogens with one attached hydrogen (secondary N) is 1. The lowest BCUT2D eigenvalue weighted by atomic mass is 9.97. The molecule has 8 heteroatoms. The molecule has 1 aliphatic heterocycles. The number of amides is 2. The first-order chi connectivity index (χ1) is 14.0. The molecule has 1 aromatic carbocycles. The highest BCUT2D eigenvalue weighted by atomic mass is 32.2. The molecule has 3 N–H and O–H groups in total. The number of aromatic nitrogens is 2. The maximum Gasteiger partial charge on any atom is 0.230 e. The van der Waals surface area contributed by atoms with Crippen molar-refractivity contribution in [3.05, 3.63) is 42.2 Å². The van der Waals surface area contributed by atoms with Crippen molar-refractivity contribution in [1.82, 2.24) is 19.8 Å². The summed E-state index contributed by atoms with van der Waals surface area (Å²) in [7, 11) is 0. The van der Waals surface area contributed by atoms with E-state index in [4.69, 9.17) is 5.73 Å². The van der Waals surface area contributed by atoms with Gasteiger partial charge in [0.05, 0.1) is 17.4 Å². The van der Waals surface area contributed by atoms with Gasteiger partial charge in [-0.05, 0) is 50.9 Å². The van der Waals surface area contributed by atoms with Gasteiger partial charge in [-0.2, -0.15) is 0 Å². The van der Waals surface area contributed by atoms with E-state index in [0.29, 0.717) is 12.3 Å². The van der Waals surface area contributed by atoms with E-state index in [1.807, 2.05) is 29.0 Å². The van der Waals surface area contributed by atoms with Crippen molar-refractivity contribution in [2.45, 2.75) is 31.3 Å².